The number of carbonyl (C=O) groups is 1. The van der Waals surface area contributed by atoms with Crippen molar-refractivity contribution in [1.82, 2.24) is 19.7 Å². The van der Waals surface area contributed by atoms with E-state index >= 15 is 0 Å². The first-order valence-electron chi connectivity index (χ1n) is 8.71. The summed E-state index contributed by atoms with van der Waals surface area (Å²) in [6.45, 7) is 3.55. The molecule has 6 nitrogen and oxygen atoms in total. The van der Waals surface area contributed by atoms with Gasteiger partial charge in [0.15, 0.2) is 0 Å². The molecule has 2 aromatic rings. The van der Waals surface area contributed by atoms with Gasteiger partial charge in [-0.05, 0) is 50.3 Å². The van der Waals surface area contributed by atoms with Gasteiger partial charge >= 0.3 is 0 Å². The Morgan fingerprint density at radius 1 is 1.25 bits per heavy atom. The number of nitrogens with zero attached hydrogens (tertiary/aromatic N) is 4. The van der Waals surface area contributed by atoms with Crippen LogP contribution in [0.1, 0.15) is 47.6 Å². The number of rotatable bonds is 4. The Bertz CT molecular complexity index is 719. The average molecular weight is 325 g/mol. The number of hydrogen-bond donors (Lipinski definition) is 1. The molecule has 0 bridgehead atoms. The predicted octanol–water partition coefficient (Wildman–Crippen LogP) is 2.64. The van der Waals surface area contributed by atoms with E-state index in [4.69, 9.17) is 0 Å². The zero-order valence-corrected chi connectivity index (χ0v) is 14.0. The van der Waals surface area contributed by atoms with Gasteiger partial charge in [0, 0.05) is 31.5 Å². The van der Waals surface area contributed by atoms with Gasteiger partial charge in [-0.1, -0.05) is 0 Å². The molecule has 24 heavy (non-hydrogen) atoms. The maximum Gasteiger partial charge on any atom is 0.255 e. The highest BCUT2D eigenvalue weighted by Crippen LogP contribution is 2.25. The topological polar surface area (TPSA) is 63.1 Å². The number of amides is 1. The lowest BCUT2D eigenvalue weighted by molar-refractivity contribution is 0.0672. The minimum absolute atomic E-state index is 0.0639. The average Bonchev–Trinajstić information content (AvgIpc) is 3.32. The van der Waals surface area contributed by atoms with E-state index in [-0.39, 0.29) is 11.9 Å². The Kier molecular flexibility index (Phi) is 3.96. The van der Waals surface area contributed by atoms with E-state index in [9.17, 15) is 4.79 Å². The summed E-state index contributed by atoms with van der Waals surface area (Å²) in [6.07, 6.45) is 10.1. The van der Waals surface area contributed by atoms with Crippen LogP contribution in [0, 0.1) is 6.92 Å². The zero-order chi connectivity index (χ0) is 16.5. The van der Waals surface area contributed by atoms with Gasteiger partial charge in [0.25, 0.3) is 5.91 Å². The van der Waals surface area contributed by atoms with Crippen LogP contribution in [-0.4, -0.2) is 44.7 Å². The number of pyridine rings is 1. The van der Waals surface area contributed by atoms with Gasteiger partial charge in [-0.15, -0.1) is 0 Å². The number of likely N-dealkylation sites (tertiary alicyclic amines) is 1. The van der Waals surface area contributed by atoms with Crippen molar-refractivity contribution in [3.05, 3.63) is 41.9 Å². The molecule has 0 spiro atoms. The van der Waals surface area contributed by atoms with Gasteiger partial charge in [0.1, 0.15) is 5.82 Å². The minimum Gasteiger partial charge on any atom is -0.367 e. The lowest BCUT2D eigenvalue weighted by Crippen LogP contribution is -2.40. The van der Waals surface area contributed by atoms with Crippen LogP contribution in [0.3, 0.4) is 0 Å². The standard InChI is InChI=1S/C18H23N5O/c1-13-9-20-23(11-13)16-3-2-8-22(12-16)18(24)14-4-7-17(19-10-14)21-15-5-6-15/h4,7,9-11,15-16H,2-3,5-6,8,12H2,1H3,(H,19,21)/t16-/m1/s1. The van der Waals surface area contributed by atoms with E-state index in [1.165, 1.54) is 12.8 Å². The maximum atomic E-state index is 12.8. The largest absolute Gasteiger partial charge is 0.367 e. The van der Waals surface area contributed by atoms with E-state index in [2.05, 4.69) is 21.6 Å². The van der Waals surface area contributed by atoms with Crippen molar-refractivity contribution in [3.63, 3.8) is 0 Å². The van der Waals surface area contributed by atoms with Crippen molar-refractivity contribution >= 4 is 11.7 Å². The molecule has 2 fully saturated rings. The second kappa shape index (κ2) is 6.26. The van der Waals surface area contributed by atoms with Crippen LogP contribution in [0.2, 0.25) is 0 Å². The molecule has 4 rings (SSSR count). The molecule has 0 radical (unpaired) electrons. The van der Waals surface area contributed by atoms with Crippen LogP contribution < -0.4 is 5.32 Å². The molecule has 1 saturated carbocycles. The Morgan fingerprint density at radius 3 is 2.79 bits per heavy atom. The van der Waals surface area contributed by atoms with Crippen molar-refractivity contribution in [2.75, 3.05) is 18.4 Å². The van der Waals surface area contributed by atoms with Crippen molar-refractivity contribution in [1.29, 1.82) is 0 Å². The van der Waals surface area contributed by atoms with E-state index in [1.54, 1.807) is 6.20 Å². The number of hydrogen-bond acceptors (Lipinski definition) is 4. The molecule has 126 valence electrons. The van der Waals surface area contributed by atoms with Crippen LogP contribution in [0.5, 0.6) is 0 Å². The van der Waals surface area contributed by atoms with Crippen LogP contribution in [-0.2, 0) is 0 Å². The first-order valence-corrected chi connectivity index (χ1v) is 8.71. The molecule has 0 unspecified atom stereocenters. The SMILES string of the molecule is Cc1cnn([C@@H]2CCCN(C(=O)c3ccc(NC4CC4)nc3)C2)c1. The first-order chi connectivity index (χ1) is 11.7. The van der Waals surface area contributed by atoms with Crippen molar-refractivity contribution in [3.8, 4) is 0 Å². The highest BCUT2D eigenvalue weighted by molar-refractivity contribution is 5.94. The van der Waals surface area contributed by atoms with Crippen LogP contribution in [0.25, 0.3) is 0 Å². The van der Waals surface area contributed by atoms with Gasteiger partial charge in [0.05, 0.1) is 17.8 Å². The van der Waals surface area contributed by atoms with Crippen LogP contribution in [0.4, 0.5) is 5.82 Å². The minimum atomic E-state index is 0.0639. The fraction of sp³-hybridized carbons (Fsp3) is 0.500. The van der Waals surface area contributed by atoms with Crippen molar-refractivity contribution in [2.45, 2.75) is 44.7 Å². The summed E-state index contributed by atoms with van der Waals surface area (Å²) in [5.41, 5.74) is 1.81. The summed E-state index contributed by atoms with van der Waals surface area (Å²) in [6, 6.07) is 4.62. The number of piperidine rings is 1. The molecule has 1 N–H and O–H groups in total. The third-order valence-electron chi connectivity index (χ3n) is 4.73. The molecule has 1 amide bonds. The predicted molar refractivity (Wildman–Crippen MR) is 92.0 cm³/mol. The number of nitrogens with one attached hydrogen (secondary N) is 1. The fourth-order valence-electron chi connectivity index (χ4n) is 3.21. The summed E-state index contributed by atoms with van der Waals surface area (Å²) < 4.78 is 2.00. The quantitative estimate of drug-likeness (QED) is 0.938. The number of aromatic nitrogens is 3. The molecule has 1 atom stereocenters. The number of carbonyl (C=O) groups excluding carboxylic acids is 1. The van der Waals surface area contributed by atoms with Crippen molar-refractivity contribution < 1.29 is 4.79 Å². The van der Waals surface area contributed by atoms with E-state index in [0.29, 0.717) is 18.2 Å². The maximum absolute atomic E-state index is 12.8. The first kappa shape index (κ1) is 15.2. The molecule has 1 aliphatic carbocycles. The van der Waals surface area contributed by atoms with Crippen LogP contribution in [0.15, 0.2) is 30.7 Å². The third kappa shape index (κ3) is 3.27. The van der Waals surface area contributed by atoms with E-state index < -0.39 is 0 Å². The lowest BCUT2D eigenvalue weighted by atomic mass is 10.0. The van der Waals surface area contributed by atoms with E-state index in [1.807, 2.05) is 34.8 Å². The molecule has 2 aliphatic rings. The van der Waals surface area contributed by atoms with Crippen molar-refractivity contribution in [2.24, 2.45) is 0 Å². The normalized spacial score (nSPS) is 20.9. The molecule has 0 aromatic carbocycles. The molecule has 1 saturated heterocycles. The van der Waals surface area contributed by atoms with Gasteiger partial charge in [-0.25, -0.2) is 4.98 Å². The van der Waals surface area contributed by atoms with Gasteiger partial charge in [-0.3, -0.25) is 9.48 Å². The Morgan fingerprint density at radius 2 is 2.12 bits per heavy atom. The Hall–Kier alpha value is -2.37. The second-order valence-corrected chi connectivity index (χ2v) is 6.90. The highest BCUT2D eigenvalue weighted by atomic mass is 16.2. The van der Waals surface area contributed by atoms with E-state index in [0.717, 1.165) is 30.8 Å². The fourth-order valence-corrected chi connectivity index (χ4v) is 3.21. The smallest absolute Gasteiger partial charge is 0.255 e. The summed E-state index contributed by atoms with van der Waals surface area (Å²) in [5.74, 6) is 0.923. The summed E-state index contributed by atoms with van der Waals surface area (Å²) in [4.78, 5) is 19.1. The summed E-state index contributed by atoms with van der Waals surface area (Å²) >= 11 is 0. The monoisotopic (exact) mass is 325 g/mol. The lowest BCUT2D eigenvalue weighted by Gasteiger charge is -2.33. The second-order valence-electron chi connectivity index (χ2n) is 6.90. The Labute approximate surface area is 141 Å². The number of anilines is 1. The molecule has 2 aromatic heterocycles. The Balaban J connectivity index is 1.43. The molecule has 6 heteroatoms. The molecule has 1 aliphatic heterocycles. The van der Waals surface area contributed by atoms with Gasteiger partial charge < -0.3 is 10.2 Å². The molecule has 3 heterocycles. The zero-order valence-electron chi connectivity index (χ0n) is 14.0. The third-order valence-corrected chi connectivity index (χ3v) is 4.73. The highest BCUT2D eigenvalue weighted by Gasteiger charge is 2.26. The van der Waals surface area contributed by atoms with Crippen LogP contribution >= 0.6 is 0 Å². The molecular weight excluding hydrogens is 302 g/mol. The van der Waals surface area contributed by atoms with Gasteiger partial charge in [0.2, 0.25) is 0 Å². The number of aryl methyl sites for hydroxylation is 1. The van der Waals surface area contributed by atoms with Gasteiger partial charge in [-0.2, -0.15) is 5.10 Å². The summed E-state index contributed by atoms with van der Waals surface area (Å²) in [7, 11) is 0. The summed E-state index contributed by atoms with van der Waals surface area (Å²) in [5, 5.41) is 7.75. The molecular formula is C18H23N5O.